The molecule has 0 bridgehead atoms. The van der Waals surface area contributed by atoms with E-state index in [1.54, 1.807) is 0 Å². The van der Waals surface area contributed by atoms with Gasteiger partial charge in [-0.25, -0.2) is 0 Å². The number of hydrogen-bond donors (Lipinski definition) is 0. The first-order valence-corrected chi connectivity index (χ1v) is 8.08. The van der Waals surface area contributed by atoms with Crippen molar-refractivity contribution in [3.8, 4) is 11.3 Å². The molecule has 0 saturated carbocycles. The first-order valence-electron chi connectivity index (χ1n) is 8.08. The third-order valence-electron chi connectivity index (χ3n) is 4.24. The average molecular weight is 315 g/mol. The van der Waals surface area contributed by atoms with E-state index >= 15 is 0 Å². The van der Waals surface area contributed by atoms with Crippen molar-refractivity contribution in [1.29, 1.82) is 0 Å². The Morgan fingerprint density at radius 3 is 2.38 bits per heavy atom. The third-order valence-corrected chi connectivity index (χ3v) is 4.24. The molecule has 118 valence electrons. The Labute approximate surface area is 140 Å². The van der Waals surface area contributed by atoms with Gasteiger partial charge in [0.15, 0.2) is 6.61 Å². The van der Waals surface area contributed by atoms with E-state index in [0.717, 1.165) is 34.3 Å². The summed E-state index contributed by atoms with van der Waals surface area (Å²) in [6, 6.07) is 26.8. The molecule has 0 radical (unpaired) electrons. The molecule has 0 atom stereocenters. The Morgan fingerprint density at radius 2 is 1.54 bits per heavy atom. The Morgan fingerprint density at radius 1 is 0.792 bits per heavy atom. The van der Waals surface area contributed by atoms with Gasteiger partial charge in [0.2, 0.25) is 0 Å². The molecule has 0 fully saturated rings. The molecular formula is C21H19N2O+. The molecule has 1 heterocycles. The second-order valence-electron chi connectivity index (χ2n) is 5.89. The minimum atomic E-state index is 0.288. The van der Waals surface area contributed by atoms with Crippen molar-refractivity contribution in [2.45, 2.75) is 13.2 Å². The van der Waals surface area contributed by atoms with E-state index < -0.39 is 0 Å². The van der Waals surface area contributed by atoms with Crippen LogP contribution in [0.5, 0.6) is 0 Å². The predicted octanol–water partition coefficient (Wildman–Crippen LogP) is 3.98. The summed E-state index contributed by atoms with van der Waals surface area (Å²) in [4.78, 5) is 0. The molecule has 3 aromatic carbocycles. The summed E-state index contributed by atoms with van der Waals surface area (Å²) >= 11 is 0. The number of benzene rings is 3. The fourth-order valence-electron chi connectivity index (χ4n) is 3.05. The van der Waals surface area contributed by atoms with E-state index in [9.17, 15) is 0 Å². The molecule has 1 aromatic heterocycles. The van der Waals surface area contributed by atoms with Crippen molar-refractivity contribution in [2.75, 3.05) is 0 Å². The van der Waals surface area contributed by atoms with E-state index in [2.05, 4.69) is 65.3 Å². The minimum Gasteiger partial charge on any atom is -0.442 e. The van der Waals surface area contributed by atoms with Crippen LogP contribution >= 0.6 is 0 Å². The fraction of sp³-hybridized carbons (Fsp3) is 0.0952. The van der Waals surface area contributed by atoms with Crippen molar-refractivity contribution >= 4 is 10.9 Å². The van der Waals surface area contributed by atoms with E-state index in [0.29, 0.717) is 0 Å². The largest absolute Gasteiger partial charge is 0.442 e. The second kappa shape index (κ2) is 6.30. The molecular weight excluding hydrogens is 296 g/mol. The first-order chi connectivity index (χ1) is 11.8. The van der Waals surface area contributed by atoms with Crippen LogP contribution in [0.3, 0.4) is 0 Å². The Bertz CT molecular complexity index is 973. The van der Waals surface area contributed by atoms with Crippen molar-refractivity contribution in [2.24, 2.45) is 0 Å². The van der Waals surface area contributed by atoms with Crippen LogP contribution < -0.4 is 0 Å². The van der Waals surface area contributed by atoms with Crippen LogP contribution in [-0.4, -0.2) is 14.9 Å². The topological polar surface area (TPSA) is 40.7 Å². The van der Waals surface area contributed by atoms with Gasteiger partial charge >= 0.3 is 0 Å². The summed E-state index contributed by atoms with van der Waals surface area (Å²) in [5.41, 5.74) is 5.43. The minimum absolute atomic E-state index is 0.288. The zero-order valence-electron chi connectivity index (χ0n) is 13.3. The zero-order chi connectivity index (χ0) is 16.4. The van der Waals surface area contributed by atoms with Crippen LogP contribution in [0.25, 0.3) is 22.2 Å². The maximum Gasteiger partial charge on any atom is 0.169 e. The summed E-state index contributed by atoms with van der Waals surface area (Å²) in [5, 5.41) is 13.6. The lowest BCUT2D eigenvalue weighted by Gasteiger charge is -2.03. The lowest BCUT2D eigenvalue weighted by Crippen LogP contribution is -2.01. The van der Waals surface area contributed by atoms with Gasteiger partial charge in [-0.05, 0) is 17.7 Å². The Hall–Kier alpha value is -2.91. The van der Waals surface area contributed by atoms with Crippen molar-refractivity contribution in [3.63, 3.8) is 0 Å². The van der Waals surface area contributed by atoms with Crippen LogP contribution in [0.15, 0.2) is 78.9 Å². The third kappa shape index (κ3) is 2.70. The zero-order valence-corrected chi connectivity index (χ0v) is 13.3. The van der Waals surface area contributed by atoms with Gasteiger partial charge in [-0.1, -0.05) is 66.7 Å². The SMILES string of the molecule is [OH2+]Cc1cccc(-c2nn(Cc3ccccc3)c3ccccc23)c1. The number of para-hydroxylation sites is 1. The molecule has 0 aliphatic carbocycles. The lowest BCUT2D eigenvalue weighted by molar-refractivity contribution is 0.282. The standard InChI is InChI=1S/C21H18N2O/c24-15-17-9-6-10-18(13-17)21-19-11-4-5-12-20(19)23(22-21)14-16-7-2-1-3-8-16/h1-13,24H,14-15H2/p+1. The number of hydrogen-bond acceptors (Lipinski definition) is 1. The van der Waals surface area contributed by atoms with Crippen molar-refractivity contribution in [1.82, 2.24) is 9.78 Å². The van der Waals surface area contributed by atoms with Crippen LogP contribution in [0.2, 0.25) is 0 Å². The molecule has 3 heteroatoms. The van der Waals surface area contributed by atoms with E-state index in [1.165, 1.54) is 5.56 Å². The Kier molecular flexibility index (Phi) is 3.85. The quantitative estimate of drug-likeness (QED) is 0.525. The summed E-state index contributed by atoms with van der Waals surface area (Å²) < 4.78 is 2.06. The first kappa shape index (κ1) is 14.7. The fourth-order valence-corrected chi connectivity index (χ4v) is 3.05. The van der Waals surface area contributed by atoms with E-state index in [-0.39, 0.29) is 6.61 Å². The monoisotopic (exact) mass is 315 g/mol. The van der Waals surface area contributed by atoms with E-state index in [4.69, 9.17) is 10.2 Å². The maximum atomic E-state index is 7.59. The van der Waals surface area contributed by atoms with E-state index in [1.807, 2.05) is 18.2 Å². The summed E-state index contributed by atoms with van der Waals surface area (Å²) in [6.45, 7) is 1.04. The van der Waals surface area contributed by atoms with Gasteiger partial charge in [0.1, 0.15) is 5.69 Å². The van der Waals surface area contributed by atoms with Gasteiger partial charge in [-0.2, -0.15) is 5.10 Å². The molecule has 2 N–H and O–H groups in total. The molecule has 24 heavy (non-hydrogen) atoms. The van der Waals surface area contributed by atoms with Gasteiger partial charge in [-0.15, -0.1) is 0 Å². The molecule has 0 amide bonds. The second-order valence-corrected chi connectivity index (χ2v) is 5.89. The van der Waals surface area contributed by atoms with Gasteiger partial charge in [0, 0.05) is 16.5 Å². The van der Waals surface area contributed by atoms with Crippen LogP contribution in [0.1, 0.15) is 11.1 Å². The summed E-state index contributed by atoms with van der Waals surface area (Å²) in [6.07, 6.45) is 0. The van der Waals surface area contributed by atoms with Gasteiger partial charge in [0.05, 0.1) is 12.1 Å². The number of rotatable bonds is 4. The highest BCUT2D eigenvalue weighted by Crippen LogP contribution is 2.29. The highest BCUT2D eigenvalue weighted by Gasteiger charge is 2.12. The molecule has 0 spiro atoms. The lowest BCUT2D eigenvalue weighted by atomic mass is 10.1. The average Bonchev–Trinajstić information content (AvgIpc) is 3.01. The number of nitrogens with zero attached hydrogens (tertiary/aromatic N) is 2. The summed E-state index contributed by atoms with van der Waals surface area (Å²) in [7, 11) is 0. The molecule has 0 saturated heterocycles. The molecule has 4 aromatic rings. The van der Waals surface area contributed by atoms with Crippen molar-refractivity contribution in [3.05, 3.63) is 90.0 Å². The molecule has 0 aliphatic rings. The molecule has 3 nitrogen and oxygen atoms in total. The highest BCUT2D eigenvalue weighted by molar-refractivity contribution is 5.93. The number of aromatic nitrogens is 2. The van der Waals surface area contributed by atoms with Gasteiger partial charge < -0.3 is 5.11 Å². The highest BCUT2D eigenvalue weighted by atomic mass is 16.3. The molecule has 4 rings (SSSR count). The molecule has 0 unspecified atom stereocenters. The Balaban J connectivity index is 1.84. The predicted molar refractivity (Wildman–Crippen MR) is 98.0 cm³/mol. The smallest absolute Gasteiger partial charge is 0.169 e. The van der Waals surface area contributed by atoms with Crippen LogP contribution in [0.4, 0.5) is 0 Å². The van der Waals surface area contributed by atoms with Gasteiger partial charge in [0.25, 0.3) is 0 Å². The normalized spacial score (nSPS) is 11.0. The number of fused-ring (bicyclic) bond motifs is 1. The van der Waals surface area contributed by atoms with Crippen LogP contribution in [0, 0.1) is 0 Å². The maximum absolute atomic E-state index is 7.59. The van der Waals surface area contributed by atoms with Crippen LogP contribution in [-0.2, 0) is 13.2 Å². The van der Waals surface area contributed by atoms with Gasteiger partial charge in [-0.3, -0.25) is 4.68 Å². The molecule has 0 aliphatic heterocycles. The summed E-state index contributed by atoms with van der Waals surface area (Å²) in [5.74, 6) is 0. The van der Waals surface area contributed by atoms with Crippen molar-refractivity contribution < 1.29 is 5.11 Å².